The number of amides is 1. The molecule has 6 heteroatoms. The Morgan fingerprint density at radius 3 is 2.52 bits per heavy atom. The quantitative estimate of drug-likeness (QED) is 0.580. The summed E-state index contributed by atoms with van der Waals surface area (Å²) in [5, 5.41) is 12.7. The minimum Gasteiger partial charge on any atom is -0.372 e. The van der Waals surface area contributed by atoms with Crippen LogP contribution in [0.15, 0.2) is 60.3 Å². The SMILES string of the molecule is CCN(/C=C(/C#N)C(=O)Nc1ccc(Cl)c(Cl)c1)Cc1ccccc1. The number of carbonyl (C=O) groups excluding carboxylic acids is 1. The van der Waals surface area contributed by atoms with E-state index in [0.717, 1.165) is 5.56 Å². The number of nitrogens with zero attached hydrogens (tertiary/aromatic N) is 2. The highest BCUT2D eigenvalue weighted by Crippen LogP contribution is 2.25. The van der Waals surface area contributed by atoms with Gasteiger partial charge in [-0.25, -0.2) is 0 Å². The van der Waals surface area contributed by atoms with Crippen molar-refractivity contribution in [1.82, 2.24) is 4.90 Å². The summed E-state index contributed by atoms with van der Waals surface area (Å²) in [7, 11) is 0. The smallest absolute Gasteiger partial charge is 0.267 e. The Morgan fingerprint density at radius 1 is 1.20 bits per heavy atom. The summed E-state index contributed by atoms with van der Waals surface area (Å²) >= 11 is 11.8. The molecule has 4 nitrogen and oxygen atoms in total. The topological polar surface area (TPSA) is 56.1 Å². The van der Waals surface area contributed by atoms with E-state index in [9.17, 15) is 10.1 Å². The number of benzene rings is 2. The monoisotopic (exact) mass is 373 g/mol. The summed E-state index contributed by atoms with van der Waals surface area (Å²) in [6, 6.07) is 16.6. The van der Waals surface area contributed by atoms with Crippen LogP contribution in [0.3, 0.4) is 0 Å². The molecule has 0 unspecified atom stereocenters. The molecule has 0 aromatic heterocycles. The molecule has 0 saturated carbocycles. The highest BCUT2D eigenvalue weighted by molar-refractivity contribution is 6.42. The van der Waals surface area contributed by atoms with E-state index >= 15 is 0 Å². The average Bonchev–Trinajstić information content (AvgIpc) is 2.62. The maximum atomic E-state index is 12.3. The van der Waals surface area contributed by atoms with Crippen molar-refractivity contribution in [3.8, 4) is 6.07 Å². The first kappa shape index (κ1) is 18.9. The molecule has 0 atom stereocenters. The Labute approximate surface area is 157 Å². The van der Waals surface area contributed by atoms with Gasteiger partial charge in [0.25, 0.3) is 5.91 Å². The zero-order chi connectivity index (χ0) is 18.2. The lowest BCUT2D eigenvalue weighted by Crippen LogP contribution is -2.21. The maximum absolute atomic E-state index is 12.3. The molecular formula is C19H17Cl2N3O. The zero-order valence-corrected chi connectivity index (χ0v) is 15.2. The molecule has 0 aliphatic heterocycles. The first-order chi connectivity index (χ1) is 12.0. The van der Waals surface area contributed by atoms with Gasteiger partial charge >= 0.3 is 0 Å². The molecule has 0 saturated heterocycles. The molecule has 0 heterocycles. The largest absolute Gasteiger partial charge is 0.372 e. The van der Waals surface area contributed by atoms with E-state index in [-0.39, 0.29) is 5.57 Å². The van der Waals surface area contributed by atoms with Crippen LogP contribution in [0, 0.1) is 11.3 Å². The molecule has 0 aliphatic rings. The molecule has 0 radical (unpaired) electrons. The Bertz CT molecular complexity index is 813. The molecule has 2 aromatic rings. The summed E-state index contributed by atoms with van der Waals surface area (Å²) in [6.07, 6.45) is 1.57. The van der Waals surface area contributed by atoms with Gasteiger partial charge < -0.3 is 10.2 Å². The van der Waals surface area contributed by atoms with Crippen LogP contribution in [0.5, 0.6) is 0 Å². The number of hydrogen-bond donors (Lipinski definition) is 1. The lowest BCUT2D eigenvalue weighted by atomic mass is 10.2. The molecule has 0 aliphatic carbocycles. The summed E-state index contributed by atoms with van der Waals surface area (Å²) in [4.78, 5) is 14.2. The van der Waals surface area contributed by atoms with Gasteiger partial charge in [0.15, 0.2) is 0 Å². The van der Waals surface area contributed by atoms with Crippen LogP contribution >= 0.6 is 23.2 Å². The van der Waals surface area contributed by atoms with Gasteiger partial charge in [0.2, 0.25) is 0 Å². The third-order valence-electron chi connectivity index (χ3n) is 3.49. The van der Waals surface area contributed by atoms with Crippen LogP contribution in [0.1, 0.15) is 12.5 Å². The third-order valence-corrected chi connectivity index (χ3v) is 4.23. The van der Waals surface area contributed by atoms with Crippen molar-refractivity contribution in [2.45, 2.75) is 13.5 Å². The van der Waals surface area contributed by atoms with Crippen LogP contribution in [-0.4, -0.2) is 17.4 Å². The Kier molecular flexibility index (Phi) is 6.88. The number of rotatable bonds is 6. The van der Waals surface area contributed by atoms with Gasteiger partial charge in [-0.3, -0.25) is 4.79 Å². The van der Waals surface area contributed by atoms with Gasteiger partial charge in [0.1, 0.15) is 11.6 Å². The van der Waals surface area contributed by atoms with Gasteiger partial charge in [-0.05, 0) is 30.7 Å². The van der Waals surface area contributed by atoms with Gasteiger partial charge in [-0.1, -0.05) is 53.5 Å². The number of anilines is 1. The van der Waals surface area contributed by atoms with Crippen LogP contribution in [-0.2, 0) is 11.3 Å². The van der Waals surface area contributed by atoms with Crippen molar-refractivity contribution >= 4 is 34.8 Å². The average molecular weight is 374 g/mol. The number of nitriles is 1. The van der Waals surface area contributed by atoms with Gasteiger partial charge in [0, 0.05) is 25.0 Å². The lowest BCUT2D eigenvalue weighted by molar-refractivity contribution is -0.112. The summed E-state index contributed by atoms with van der Waals surface area (Å²) in [5.74, 6) is -0.493. The van der Waals surface area contributed by atoms with Crippen molar-refractivity contribution in [3.63, 3.8) is 0 Å². The van der Waals surface area contributed by atoms with E-state index in [1.807, 2.05) is 48.2 Å². The highest BCUT2D eigenvalue weighted by Gasteiger charge is 2.12. The van der Waals surface area contributed by atoms with Crippen molar-refractivity contribution in [2.24, 2.45) is 0 Å². The molecule has 25 heavy (non-hydrogen) atoms. The normalized spacial score (nSPS) is 10.9. The van der Waals surface area contributed by atoms with Crippen LogP contribution in [0.2, 0.25) is 10.0 Å². The van der Waals surface area contributed by atoms with Gasteiger partial charge in [-0.15, -0.1) is 0 Å². The summed E-state index contributed by atoms with van der Waals surface area (Å²) in [6.45, 7) is 3.24. The lowest BCUT2D eigenvalue weighted by Gasteiger charge is -2.19. The zero-order valence-electron chi connectivity index (χ0n) is 13.7. The molecule has 2 rings (SSSR count). The molecule has 0 bridgehead atoms. The maximum Gasteiger partial charge on any atom is 0.267 e. The second kappa shape index (κ2) is 9.12. The number of nitrogens with one attached hydrogen (secondary N) is 1. The van der Waals surface area contributed by atoms with Crippen molar-refractivity contribution in [3.05, 3.63) is 75.9 Å². The number of halogens is 2. The summed E-state index contributed by atoms with van der Waals surface area (Å²) in [5.41, 5.74) is 1.60. The van der Waals surface area contributed by atoms with Crippen LogP contribution < -0.4 is 5.32 Å². The van der Waals surface area contributed by atoms with E-state index in [2.05, 4.69) is 5.32 Å². The Morgan fingerprint density at radius 2 is 1.92 bits per heavy atom. The second-order valence-electron chi connectivity index (χ2n) is 5.29. The molecule has 1 amide bonds. The summed E-state index contributed by atoms with van der Waals surface area (Å²) < 4.78 is 0. The predicted molar refractivity (Wildman–Crippen MR) is 101 cm³/mol. The highest BCUT2D eigenvalue weighted by atomic mass is 35.5. The van der Waals surface area contributed by atoms with Crippen LogP contribution in [0.4, 0.5) is 5.69 Å². The fourth-order valence-electron chi connectivity index (χ4n) is 2.16. The number of hydrogen-bond acceptors (Lipinski definition) is 3. The van der Waals surface area contributed by atoms with E-state index < -0.39 is 5.91 Å². The van der Waals surface area contributed by atoms with Gasteiger partial charge in [0.05, 0.1) is 10.0 Å². The standard InChI is InChI=1S/C19H17Cl2N3O/c1-2-24(12-14-6-4-3-5-7-14)13-15(11-22)19(25)23-16-8-9-17(20)18(21)10-16/h3-10,13H,2,12H2,1H3,(H,23,25)/b15-13-. The predicted octanol–water partition coefficient (Wildman–Crippen LogP) is 4.86. The van der Waals surface area contributed by atoms with Crippen molar-refractivity contribution in [2.75, 3.05) is 11.9 Å². The molecule has 0 spiro atoms. The minimum atomic E-state index is -0.493. The molecule has 0 fully saturated rings. The van der Waals surface area contributed by atoms with E-state index in [0.29, 0.717) is 28.8 Å². The van der Waals surface area contributed by atoms with E-state index in [1.165, 1.54) is 0 Å². The Balaban J connectivity index is 2.12. The molecular weight excluding hydrogens is 357 g/mol. The van der Waals surface area contributed by atoms with Crippen molar-refractivity contribution < 1.29 is 4.79 Å². The second-order valence-corrected chi connectivity index (χ2v) is 6.10. The van der Waals surface area contributed by atoms with Crippen LogP contribution in [0.25, 0.3) is 0 Å². The van der Waals surface area contributed by atoms with Gasteiger partial charge in [-0.2, -0.15) is 5.26 Å². The fourth-order valence-corrected chi connectivity index (χ4v) is 2.46. The fraction of sp³-hybridized carbons (Fsp3) is 0.158. The van der Waals surface area contributed by atoms with E-state index in [4.69, 9.17) is 23.2 Å². The van der Waals surface area contributed by atoms with E-state index in [1.54, 1.807) is 24.4 Å². The first-order valence-corrected chi connectivity index (χ1v) is 8.45. The van der Waals surface area contributed by atoms with Crippen molar-refractivity contribution in [1.29, 1.82) is 5.26 Å². The molecule has 2 aromatic carbocycles. The minimum absolute atomic E-state index is 0.0175. The first-order valence-electron chi connectivity index (χ1n) is 7.69. The Hall–Kier alpha value is -2.48. The molecule has 1 N–H and O–H groups in total. The third kappa shape index (κ3) is 5.53. The number of carbonyl (C=O) groups is 1. The molecule has 128 valence electrons.